The van der Waals surface area contributed by atoms with E-state index in [2.05, 4.69) is 0 Å². The molecule has 0 saturated carbocycles. The minimum absolute atomic E-state index is 0.203. The average Bonchev–Trinajstić information content (AvgIpc) is 2.59. The number of hydrogen-bond donors (Lipinski definition) is 0. The van der Waals surface area contributed by atoms with Crippen molar-refractivity contribution in [1.82, 2.24) is 0 Å². The summed E-state index contributed by atoms with van der Waals surface area (Å²) in [6.45, 7) is 4.09. The largest absolute Gasteiger partial charge is 0.364 e. The highest BCUT2D eigenvalue weighted by molar-refractivity contribution is 5.54. The molecule has 92 valence electrons. The Balaban J connectivity index is 2.36. The van der Waals surface area contributed by atoms with Gasteiger partial charge in [-0.05, 0) is 32.8 Å². The molecule has 0 radical (unpaired) electrons. The van der Waals surface area contributed by atoms with E-state index in [4.69, 9.17) is 0 Å². The van der Waals surface area contributed by atoms with Crippen LogP contribution in [-0.4, -0.2) is 17.0 Å². The maximum atomic E-state index is 13.9. The van der Waals surface area contributed by atoms with Gasteiger partial charge in [-0.1, -0.05) is 0 Å². The Hall–Kier alpha value is -1.65. The van der Waals surface area contributed by atoms with Gasteiger partial charge in [0.1, 0.15) is 0 Å². The topological polar surface area (TPSA) is 46.4 Å². The fraction of sp³-hybridized carbons (Fsp3) is 0.500. The highest BCUT2D eigenvalue weighted by atomic mass is 19.1. The van der Waals surface area contributed by atoms with E-state index >= 15 is 0 Å². The zero-order chi connectivity index (χ0) is 12.6. The number of hydrogen-bond acceptors (Lipinski definition) is 3. The molecule has 1 heterocycles. The molecule has 2 atom stereocenters. The van der Waals surface area contributed by atoms with Gasteiger partial charge in [0, 0.05) is 18.2 Å². The predicted octanol–water partition coefficient (Wildman–Crippen LogP) is 3.11. The lowest BCUT2D eigenvalue weighted by Gasteiger charge is -2.28. The smallest absolute Gasteiger partial charge is 0.272 e. The Morgan fingerprint density at radius 1 is 1.35 bits per heavy atom. The van der Waals surface area contributed by atoms with Crippen molar-refractivity contribution in [2.75, 3.05) is 4.90 Å². The van der Waals surface area contributed by atoms with Crippen molar-refractivity contribution in [1.29, 1.82) is 0 Å². The van der Waals surface area contributed by atoms with Gasteiger partial charge in [0.05, 0.1) is 16.7 Å². The third-order valence-corrected chi connectivity index (χ3v) is 3.37. The first-order valence-electron chi connectivity index (χ1n) is 5.73. The lowest BCUT2D eigenvalue weighted by atomic mass is 10.2. The number of rotatable bonds is 2. The average molecular weight is 238 g/mol. The van der Waals surface area contributed by atoms with Crippen molar-refractivity contribution in [3.8, 4) is 0 Å². The molecule has 1 aliphatic rings. The van der Waals surface area contributed by atoms with Crippen LogP contribution in [0.4, 0.5) is 15.8 Å². The summed E-state index contributed by atoms with van der Waals surface area (Å²) in [5.41, 5.74) is 0.263. The van der Waals surface area contributed by atoms with Crippen molar-refractivity contribution in [2.24, 2.45) is 0 Å². The van der Waals surface area contributed by atoms with Crippen molar-refractivity contribution in [3.63, 3.8) is 0 Å². The number of halogens is 1. The second-order valence-corrected chi connectivity index (χ2v) is 4.58. The fourth-order valence-electron chi connectivity index (χ4n) is 2.49. The number of anilines is 1. The Morgan fingerprint density at radius 2 is 1.94 bits per heavy atom. The van der Waals surface area contributed by atoms with Crippen LogP contribution >= 0.6 is 0 Å². The first-order valence-corrected chi connectivity index (χ1v) is 5.73. The van der Waals surface area contributed by atoms with E-state index in [-0.39, 0.29) is 17.8 Å². The van der Waals surface area contributed by atoms with Crippen LogP contribution in [0.3, 0.4) is 0 Å². The molecule has 0 spiro atoms. The van der Waals surface area contributed by atoms with Crippen molar-refractivity contribution >= 4 is 11.4 Å². The SMILES string of the molecule is CC1CCC(C)N1c1ccc([N+](=O)[O-])cc1F. The summed E-state index contributed by atoms with van der Waals surface area (Å²) in [4.78, 5) is 12.0. The minimum Gasteiger partial charge on any atom is -0.364 e. The van der Waals surface area contributed by atoms with E-state index < -0.39 is 10.7 Å². The maximum Gasteiger partial charge on any atom is 0.272 e. The number of nitro benzene ring substituents is 1. The summed E-state index contributed by atoms with van der Waals surface area (Å²) < 4.78 is 13.9. The van der Waals surface area contributed by atoms with Crippen LogP contribution in [0.2, 0.25) is 0 Å². The van der Waals surface area contributed by atoms with Crippen LogP contribution in [-0.2, 0) is 0 Å². The van der Waals surface area contributed by atoms with Crippen LogP contribution in [0.5, 0.6) is 0 Å². The van der Waals surface area contributed by atoms with Gasteiger partial charge in [-0.3, -0.25) is 10.1 Å². The first kappa shape index (κ1) is 11.8. The highest BCUT2D eigenvalue weighted by Gasteiger charge is 2.29. The van der Waals surface area contributed by atoms with E-state index in [1.54, 1.807) is 0 Å². The lowest BCUT2D eigenvalue weighted by molar-refractivity contribution is -0.385. The summed E-state index contributed by atoms with van der Waals surface area (Å²) >= 11 is 0. The molecule has 0 N–H and O–H groups in total. The van der Waals surface area contributed by atoms with E-state index in [1.165, 1.54) is 12.1 Å². The van der Waals surface area contributed by atoms with E-state index in [9.17, 15) is 14.5 Å². The van der Waals surface area contributed by atoms with Gasteiger partial charge in [0.15, 0.2) is 5.82 Å². The molecule has 2 rings (SSSR count). The summed E-state index contributed by atoms with van der Waals surface area (Å²) in [6.07, 6.45) is 2.05. The standard InChI is InChI=1S/C12H15FN2O2/c1-8-3-4-9(2)14(8)12-6-5-10(15(16)17)7-11(12)13/h5-9H,3-4H2,1-2H3. The van der Waals surface area contributed by atoms with Gasteiger partial charge in [0.25, 0.3) is 5.69 Å². The van der Waals surface area contributed by atoms with Crippen LogP contribution in [0.15, 0.2) is 18.2 Å². The van der Waals surface area contributed by atoms with E-state index in [0.29, 0.717) is 5.69 Å². The molecule has 1 aromatic rings. The summed E-state index contributed by atoms with van der Waals surface area (Å²) in [7, 11) is 0. The molecular weight excluding hydrogens is 223 g/mol. The van der Waals surface area contributed by atoms with Gasteiger partial charge in [-0.15, -0.1) is 0 Å². The fourth-order valence-corrected chi connectivity index (χ4v) is 2.49. The molecule has 1 fully saturated rings. The van der Waals surface area contributed by atoms with Crippen LogP contribution in [0.1, 0.15) is 26.7 Å². The van der Waals surface area contributed by atoms with Gasteiger partial charge in [0.2, 0.25) is 0 Å². The molecule has 1 aromatic carbocycles. The molecular formula is C12H15FN2O2. The number of nitro groups is 1. The number of benzene rings is 1. The van der Waals surface area contributed by atoms with Gasteiger partial charge >= 0.3 is 0 Å². The number of nitrogens with zero attached hydrogens (tertiary/aromatic N) is 2. The second-order valence-electron chi connectivity index (χ2n) is 4.58. The Morgan fingerprint density at radius 3 is 2.41 bits per heavy atom. The quantitative estimate of drug-likeness (QED) is 0.587. The third kappa shape index (κ3) is 2.09. The molecule has 0 amide bonds. The molecule has 2 unspecified atom stereocenters. The molecule has 0 aliphatic carbocycles. The molecule has 17 heavy (non-hydrogen) atoms. The Bertz CT molecular complexity index is 440. The lowest BCUT2D eigenvalue weighted by Crippen LogP contribution is -2.33. The van der Waals surface area contributed by atoms with Crippen molar-refractivity contribution < 1.29 is 9.31 Å². The molecule has 5 heteroatoms. The van der Waals surface area contributed by atoms with Gasteiger partial charge in [-0.2, -0.15) is 0 Å². The second kappa shape index (κ2) is 4.31. The normalized spacial score (nSPS) is 24.1. The molecule has 1 saturated heterocycles. The van der Waals surface area contributed by atoms with Gasteiger partial charge < -0.3 is 4.90 Å². The monoisotopic (exact) mass is 238 g/mol. The van der Waals surface area contributed by atoms with E-state index in [1.807, 2.05) is 18.7 Å². The number of non-ortho nitro benzene ring substituents is 1. The first-order chi connectivity index (χ1) is 8.00. The summed E-state index contributed by atoms with van der Waals surface area (Å²) in [5, 5.41) is 10.5. The van der Waals surface area contributed by atoms with Crippen LogP contribution < -0.4 is 4.90 Å². The van der Waals surface area contributed by atoms with Crippen molar-refractivity contribution in [3.05, 3.63) is 34.1 Å². The van der Waals surface area contributed by atoms with Gasteiger partial charge in [-0.25, -0.2) is 4.39 Å². The van der Waals surface area contributed by atoms with Crippen molar-refractivity contribution in [2.45, 2.75) is 38.8 Å². The summed E-state index contributed by atoms with van der Waals surface area (Å²) in [6, 6.07) is 4.41. The molecule has 0 bridgehead atoms. The van der Waals surface area contributed by atoms with Crippen LogP contribution in [0.25, 0.3) is 0 Å². The predicted molar refractivity (Wildman–Crippen MR) is 63.7 cm³/mol. The molecule has 0 aromatic heterocycles. The Labute approximate surface area is 99.2 Å². The highest BCUT2D eigenvalue weighted by Crippen LogP contribution is 2.33. The third-order valence-electron chi connectivity index (χ3n) is 3.37. The minimum atomic E-state index is -0.580. The molecule has 4 nitrogen and oxygen atoms in total. The van der Waals surface area contributed by atoms with E-state index in [0.717, 1.165) is 18.9 Å². The zero-order valence-corrected chi connectivity index (χ0v) is 9.89. The summed E-state index contributed by atoms with van der Waals surface area (Å²) in [5.74, 6) is -0.514. The van der Waals surface area contributed by atoms with Crippen LogP contribution in [0, 0.1) is 15.9 Å². The Kier molecular flexibility index (Phi) is 3.00. The maximum absolute atomic E-state index is 13.9. The zero-order valence-electron chi connectivity index (χ0n) is 9.89. The molecule has 1 aliphatic heterocycles.